The highest BCUT2D eigenvalue weighted by Crippen LogP contribution is 2.18. The minimum atomic E-state index is -0.552. The molecule has 23 heavy (non-hydrogen) atoms. The Balaban J connectivity index is 1.67. The molecule has 1 aliphatic rings. The van der Waals surface area contributed by atoms with Crippen molar-refractivity contribution in [2.24, 2.45) is 0 Å². The summed E-state index contributed by atoms with van der Waals surface area (Å²) < 4.78 is 19.6. The number of rotatable bonds is 5. The van der Waals surface area contributed by atoms with E-state index in [-0.39, 0.29) is 24.0 Å². The fourth-order valence-corrected chi connectivity index (χ4v) is 2.54. The van der Waals surface area contributed by atoms with Gasteiger partial charge in [-0.1, -0.05) is 13.0 Å². The first-order chi connectivity index (χ1) is 11.2. The van der Waals surface area contributed by atoms with Crippen LogP contribution in [0.3, 0.4) is 0 Å². The molecule has 122 valence electrons. The van der Waals surface area contributed by atoms with Gasteiger partial charge < -0.3 is 10.1 Å². The van der Waals surface area contributed by atoms with Gasteiger partial charge in [0.1, 0.15) is 6.10 Å². The summed E-state index contributed by atoms with van der Waals surface area (Å²) in [5.74, 6) is -0.910. The van der Waals surface area contributed by atoms with Crippen LogP contribution in [0.2, 0.25) is 0 Å². The molecule has 3 rings (SSSR count). The zero-order valence-electron chi connectivity index (χ0n) is 12.9. The molecule has 3 heterocycles. The van der Waals surface area contributed by atoms with Crippen LogP contribution in [0.1, 0.15) is 40.5 Å². The lowest BCUT2D eigenvalue weighted by molar-refractivity contribution is 0.0250. The number of aromatic nitrogens is 3. The number of aryl methyl sites for hydroxylation is 1. The molecule has 0 radical (unpaired) electrons. The number of nitrogens with zero attached hydrogens (tertiary/aromatic N) is 2. The monoisotopic (exact) mass is 318 g/mol. The maximum absolute atomic E-state index is 13.9. The Bertz CT molecular complexity index is 678. The highest BCUT2D eigenvalue weighted by atomic mass is 19.1. The average Bonchev–Trinajstić information content (AvgIpc) is 2.97. The summed E-state index contributed by atoms with van der Waals surface area (Å²) in [6.07, 6.45) is 2.11. The topological polar surface area (TPSA) is 79.9 Å². The zero-order valence-corrected chi connectivity index (χ0v) is 12.9. The Hall–Kier alpha value is -2.12. The van der Waals surface area contributed by atoms with Gasteiger partial charge in [0.15, 0.2) is 17.3 Å². The first kappa shape index (κ1) is 15.8. The van der Waals surface area contributed by atoms with Gasteiger partial charge in [0.05, 0.1) is 18.0 Å². The van der Waals surface area contributed by atoms with Crippen LogP contribution in [-0.2, 0) is 17.6 Å². The Morgan fingerprint density at radius 2 is 2.35 bits per heavy atom. The van der Waals surface area contributed by atoms with Gasteiger partial charge in [-0.3, -0.25) is 14.9 Å². The summed E-state index contributed by atoms with van der Waals surface area (Å²) in [5.41, 5.74) is 1.77. The van der Waals surface area contributed by atoms with Gasteiger partial charge in [-0.2, -0.15) is 5.10 Å². The number of ketones is 1. The van der Waals surface area contributed by atoms with Gasteiger partial charge in [-0.05, 0) is 18.1 Å². The number of carbonyl (C=O) groups is 1. The largest absolute Gasteiger partial charge is 0.369 e. The quantitative estimate of drug-likeness (QED) is 0.819. The number of H-pyrrole nitrogens is 1. The van der Waals surface area contributed by atoms with E-state index in [0.717, 1.165) is 24.3 Å². The van der Waals surface area contributed by atoms with Crippen molar-refractivity contribution < 1.29 is 13.9 Å². The van der Waals surface area contributed by atoms with Crippen molar-refractivity contribution in [1.29, 1.82) is 0 Å². The van der Waals surface area contributed by atoms with Crippen LogP contribution < -0.4 is 5.32 Å². The third kappa shape index (κ3) is 3.46. The Morgan fingerprint density at radius 1 is 1.48 bits per heavy atom. The molecule has 0 aliphatic carbocycles. The summed E-state index contributed by atoms with van der Waals surface area (Å²) in [4.78, 5) is 16.5. The second kappa shape index (κ2) is 6.97. The number of halogens is 1. The minimum Gasteiger partial charge on any atom is -0.369 e. The van der Waals surface area contributed by atoms with Crippen molar-refractivity contribution in [2.75, 3.05) is 19.7 Å². The van der Waals surface area contributed by atoms with Gasteiger partial charge >= 0.3 is 0 Å². The zero-order chi connectivity index (χ0) is 16.2. The lowest BCUT2D eigenvalue weighted by Gasteiger charge is -2.23. The van der Waals surface area contributed by atoms with Crippen LogP contribution in [0.15, 0.2) is 18.3 Å². The summed E-state index contributed by atoms with van der Waals surface area (Å²) >= 11 is 0. The molecule has 2 N–H and O–H groups in total. The SMILES string of the molecule is CCc1[nH]nc(C(=O)Cc2ccc([C@H]3CNCCO3)nc2)c1F. The number of carbonyl (C=O) groups excluding carboxylic acids is 1. The molecule has 1 atom stereocenters. The summed E-state index contributed by atoms with van der Waals surface area (Å²) in [7, 11) is 0. The maximum atomic E-state index is 13.9. The fourth-order valence-electron chi connectivity index (χ4n) is 2.54. The van der Waals surface area contributed by atoms with E-state index in [4.69, 9.17) is 4.74 Å². The van der Waals surface area contributed by atoms with Crippen LogP contribution in [0.5, 0.6) is 0 Å². The van der Waals surface area contributed by atoms with Gasteiger partial charge in [0.2, 0.25) is 0 Å². The van der Waals surface area contributed by atoms with Crippen molar-refractivity contribution in [1.82, 2.24) is 20.5 Å². The maximum Gasteiger partial charge on any atom is 0.190 e. The van der Waals surface area contributed by atoms with Crippen molar-refractivity contribution in [3.05, 3.63) is 46.8 Å². The lowest BCUT2D eigenvalue weighted by Crippen LogP contribution is -2.33. The molecule has 1 aliphatic heterocycles. The van der Waals surface area contributed by atoms with E-state index in [0.29, 0.717) is 18.7 Å². The molecule has 2 aromatic rings. The van der Waals surface area contributed by atoms with Crippen molar-refractivity contribution in [3.8, 4) is 0 Å². The molecule has 0 saturated carbocycles. The predicted molar refractivity (Wildman–Crippen MR) is 81.8 cm³/mol. The molecule has 0 aromatic carbocycles. The number of nitrogens with one attached hydrogen (secondary N) is 2. The normalized spacial score (nSPS) is 18.1. The van der Waals surface area contributed by atoms with Crippen molar-refractivity contribution in [3.63, 3.8) is 0 Å². The molecule has 1 fully saturated rings. The highest BCUT2D eigenvalue weighted by Gasteiger charge is 2.20. The third-order valence-corrected chi connectivity index (χ3v) is 3.86. The Labute approximate surface area is 133 Å². The standard InChI is InChI=1S/C16H19FN4O2/c1-2-11-15(17)16(21-20-11)13(22)7-10-3-4-12(19-8-10)14-9-18-5-6-23-14/h3-4,8,14,18H,2,5-7,9H2,1H3,(H,20,21)/t14-/m1/s1. The second-order valence-corrected chi connectivity index (χ2v) is 5.47. The fraction of sp³-hybridized carbons (Fsp3) is 0.438. The molecule has 0 spiro atoms. The van der Waals surface area contributed by atoms with Crippen LogP contribution in [0.4, 0.5) is 4.39 Å². The predicted octanol–water partition coefficient (Wildman–Crippen LogP) is 1.59. The van der Waals surface area contributed by atoms with E-state index in [2.05, 4.69) is 20.5 Å². The molecule has 0 unspecified atom stereocenters. The number of hydrogen-bond acceptors (Lipinski definition) is 5. The number of hydrogen-bond donors (Lipinski definition) is 2. The van der Waals surface area contributed by atoms with Crippen LogP contribution in [0.25, 0.3) is 0 Å². The number of pyridine rings is 1. The number of morpholine rings is 1. The van der Waals surface area contributed by atoms with E-state index in [1.807, 2.05) is 12.1 Å². The lowest BCUT2D eigenvalue weighted by atomic mass is 10.1. The molecular weight excluding hydrogens is 299 g/mol. The van der Waals surface area contributed by atoms with E-state index in [1.54, 1.807) is 13.1 Å². The summed E-state index contributed by atoms with van der Waals surface area (Å²) in [6, 6.07) is 3.67. The molecule has 1 saturated heterocycles. The van der Waals surface area contributed by atoms with Crippen molar-refractivity contribution >= 4 is 5.78 Å². The smallest absolute Gasteiger partial charge is 0.190 e. The van der Waals surface area contributed by atoms with Gasteiger partial charge in [0.25, 0.3) is 0 Å². The summed E-state index contributed by atoms with van der Waals surface area (Å²) in [6.45, 7) is 4.03. The molecule has 2 aromatic heterocycles. The first-order valence-electron chi connectivity index (χ1n) is 7.72. The Morgan fingerprint density at radius 3 is 2.96 bits per heavy atom. The molecule has 7 heteroatoms. The van der Waals surface area contributed by atoms with Gasteiger partial charge in [-0.15, -0.1) is 0 Å². The van der Waals surface area contributed by atoms with E-state index in [9.17, 15) is 9.18 Å². The molecular formula is C16H19FN4O2. The number of Topliss-reactive ketones (excluding diaryl/α,β-unsaturated/α-hetero) is 1. The number of ether oxygens (including phenoxy) is 1. The highest BCUT2D eigenvalue weighted by molar-refractivity contribution is 5.96. The summed E-state index contributed by atoms with van der Waals surface area (Å²) in [5, 5.41) is 9.58. The van der Waals surface area contributed by atoms with E-state index >= 15 is 0 Å². The second-order valence-electron chi connectivity index (χ2n) is 5.47. The molecule has 0 amide bonds. The first-order valence-corrected chi connectivity index (χ1v) is 7.72. The molecule has 6 nitrogen and oxygen atoms in total. The van der Waals surface area contributed by atoms with Crippen LogP contribution >= 0.6 is 0 Å². The van der Waals surface area contributed by atoms with Crippen LogP contribution in [-0.4, -0.2) is 40.7 Å². The van der Waals surface area contributed by atoms with E-state index < -0.39 is 5.82 Å². The van der Waals surface area contributed by atoms with E-state index in [1.165, 1.54) is 0 Å². The van der Waals surface area contributed by atoms with Gasteiger partial charge in [0, 0.05) is 25.7 Å². The van der Waals surface area contributed by atoms with Crippen molar-refractivity contribution in [2.45, 2.75) is 25.9 Å². The third-order valence-electron chi connectivity index (χ3n) is 3.86. The average molecular weight is 318 g/mol. The number of aromatic amines is 1. The minimum absolute atomic E-state index is 0.0654. The molecule has 0 bridgehead atoms. The Kier molecular flexibility index (Phi) is 4.78. The van der Waals surface area contributed by atoms with Crippen LogP contribution in [0, 0.1) is 5.82 Å². The van der Waals surface area contributed by atoms with Gasteiger partial charge in [-0.25, -0.2) is 4.39 Å².